The fourth-order valence-electron chi connectivity index (χ4n) is 2.74. The fraction of sp³-hybridized carbons (Fsp3) is 0.391. The minimum atomic E-state index is -4.70. The van der Waals surface area contributed by atoms with E-state index < -0.39 is 12.1 Å². The Hall–Kier alpha value is -1.76. The number of carbonyl (C=O) groups excluding carboxylic acids is 2. The number of benzene rings is 2. The summed E-state index contributed by atoms with van der Waals surface area (Å²) in [5.41, 5.74) is 1.92. The molecular weight excluding hydrogens is 486 g/mol. The summed E-state index contributed by atoms with van der Waals surface area (Å²) in [5.74, 6) is -1.44. The molecule has 176 valence electrons. The molecule has 1 saturated heterocycles. The van der Waals surface area contributed by atoms with E-state index in [1.165, 1.54) is 12.5 Å². The molecule has 1 aliphatic rings. The maximum Gasteiger partial charge on any atom is 0.471 e. The summed E-state index contributed by atoms with van der Waals surface area (Å²) >= 11 is 17.1. The third kappa shape index (κ3) is 9.80. The van der Waals surface area contributed by atoms with Gasteiger partial charge in [-0.05, 0) is 67.6 Å². The Morgan fingerprint density at radius 1 is 1.03 bits per heavy atom. The van der Waals surface area contributed by atoms with Gasteiger partial charge in [0, 0.05) is 23.7 Å². The summed E-state index contributed by atoms with van der Waals surface area (Å²) in [6, 6.07) is 12.5. The molecule has 0 aromatic heterocycles. The molecule has 9 heteroatoms. The molecular formula is C23H25Cl3F3NO2. The molecule has 1 unspecified atom stereocenters. The SMILES string of the molecule is CC(=O)c1ccc(Cl)cc1.CC1CCN(C(=O)C(F)(F)F)C1.CCc1ccc(Cl)c(Cl)c1. The predicted molar refractivity (Wildman–Crippen MR) is 124 cm³/mol. The van der Waals surface area contributed by atoms with Crippen LogP contribution in [0.2, 0.25) is 15.1 Å². The van der Waals surface area contributed by atoms with E-state index in [0.717, 1.165) is 11.3 Å². The average Bonchev–Trinajstić information content (AvgIpc) is 3.16. The minimum Gasteiger partial charge on any atom is -0.335 e. The van der Waals surface area contributed by atoms with Crippen molar-refractivity contribution in [1.29, 1.82) is 0 Å². The zero-order valence-corrected chi connectivity index (χ0v) is 20.2. The number of nitrogens with zero attached hydrogens (tertiary/aromatic N) is 1. The van der Waals surface area contributed by atoms with Crippen LogP contribution in [0, 0.1) is 5.92 Å². The van der Waals surface area contributed by atoms with Crippen LogP contribution in [0.15, 0.2) is 42.5 Å². The van der Waals surface area contributed by atoms with Crippen molar-refractivity contribution in [2.24, 2.45) is 5.92 Å². The quantitative estimate of drug-likeness (QED) is 0.392. The summed E-state index contributed by atoms with van der Waals surface area (Å²) in [6.45, 7) is 5.92. The highest BCUT2D eigenvalue weighted by Crippen LogP contribution is 2.24. The molecule has 32 heavy (non-hydrogen) atoms. The third-order valence-electron chi connectivity index (χ3n) is 4.60. The van der Waals surface area contributed by atoms with Gasteiger partial charge in [0.2, 0.25) is 0 Å². The maximum atomic E-state index is 11.8. The van der Waals surface area contributed by atoms with E-state index in [4.69, 9.17) is 34.8 Å². The van der Waals surface area contributed by atoms with E-state index in [2.05, 4.69) is 6.92 Å². The van der Waals surface area contributed by atoms with Crippen molar-refractivity contribution >= 4 is 46.5 Å². The number of likely N-dealkylation sites (tertiary alicyclic amines) is 1. The van der Waals surface area contributed by atoms with Crippen LogP contribution in [0.5, 0.6) is 0 Å². The first-order valence-corrected chi connectivity index (χ1v) is 11.0. The van der Waals surface area contributed by atoms with Gasteiger partial charge in [0.1, 0.15) is 0 Å². The van der Waals surface area contributed by atoms with Crippen LogP contribution in [0.25, 0.3) is 0 Å². The van der Waals surface area contributed by atoms with E-state index in [1.807, 2.05) is 25.1 Å². The molecule has 3 rings (SSSR count). The largest absolute Gasteiger partial charge is 0.471 e. The lowest BCUT2D eigenvalue weighted by Gasteiger charge is -2.17. The van der Waals surface area contributed by atoms with Crippen LogP contribution in [0.4, 0.5) is 13.2 Å². The zero-order valence-electron chi connectivity index (χ0n) is 18.0. The molecule has 2 aromatic rings. The number of Topliss-reactive ketones (excluding diaryl/α,β-unsaturated/α-hetero) is 1. The zero-order chi connectivity index (χ0) is 24.5. The van der Waals surface area contributed by atoms with Gasteiger partial charge in [-0.2, -0.15) is 13.2 Å². The van der Waals surface area contributed by atoms with E-state index in [0.29, 0.717) is 27.1 Å². The number of hydrogen-bond acceptors (Lipinski definition) is 2. The number of halogens is 6. The number of aryl methyl sites for hydroxylation is 1. The fourth-order valence-corrected chi connectivity index (χ4v) is 3.19. The predicted octanol–water partition coefficient (Wildman–Crippen LogP) is 7.52. The smallest absolute Gasteiger partial charge is 0.335 e. The molecule has 2 aromatic carbocycles. The third-order valence-corrected chi connectivity index (χ3v) is 5.59. The number of hydrogen-bond donors (Lipinski definition) is 0. The highest BCUT2D eigenvalue weighted by molar-refractivity contribution is 6.42. The lowest BCUT2D eigenvalue weighted by molar-refractivity contribution is -0.184. The Balaban J connectivity index is 0.000000241. The van der Waals surface area contributed by atoms with Gasteiger partial charge < -0.3 is 4.90 Å². The first-order valence-electron chi connectivity index (χ1n) is 9.91. The van der Waals surface area contributed by atoms with Crippen molar-refractivity contribution in [3.05, 3.63) is 68.7 Å². The van der Waals surface area contributed by atoms with Crippen LogP contribution in [0.3, 0.4) is 0 Å². The van der Waals surface area contributed by atoms with Gasteiger partial charge in [0.05, 0.1) is 10.0 Å². The standard InChI is InChI=1S/C8H8Cl2.C8H7ClO.C7H10F3NO/c1-2-6-3-4-7(9)8(10)5-6;1-6(10)7-2-4-8(9)5-3-7;1-5-2-3-11(4-5)6(12)7(8,9)10/h3-5H,2H2,1H3;2-5H,1H3;5H,2-4H2,1H3. The lowest BCUT2D eigenvalue weighted by atomic mass is 10.2. The molecule has 1 fully saturated rings. The highest BCUT2D eigenvalue weighted by atomic mass is 35.5. The van der Waals surface area contributed by atoms with Gasteiger partial charge >= 0.3 is 12.1 Å². The first-order chi connectivity index (χ1) is 14.8. The van der Waals surface area contributed by atoms with Gasteiger partial charge in [0.25, 0.3) is 0 Å². The maximum absolute atomic E-state index is 11.8. The Bertz CT molecular complexity index is 902. The molecule has 0 spiro atoms. The van der Waals surface area contributed by atoms with Gasteiger partial charge in [0.15, 0.2) is 5.78 Å². The van der Waals surface area contributed by atoms with E-state index in [9.17, 15) is 22.8 Å². The van der Waals surface area contributed by atoms with Crippen LogP contribution >= 0.6 is 34.8 Å². The number of amides is 1. The molecule has 0 radical (unpaired) electrons. The second-order valence-electron chi connectivity index (χ2n) is 7.31. The summed E-state index contributed by atoms with van der Waals surface area (Å²) in [5, 5.41) is 1.92. The highest BCUT2D eigenvalue weighted by Gasteiger charge is 2.43. The molecule has 1 amide bonds. The van der Waals surface area contributed by atoms with Crippen molar-refractivity contribution in [2.45, 2.75) is 39.8 Å². The summed E-state index contributed by atoms with van der Waals surface area (Å²) < 4.78 is 35.5. The minimum absolute atomic E-state index is 0.0664. The molecule has 3 nitrogen and oxygen atoms in total. The number of rotatable bonds is 2. The second-order valence-corrected chi connectivity index (χ2v) is 8.56. The first kappa shape index (κ1) is 28.3. The molecule has 0 N–H and O–H groups in total. The summed E-state index contributed by atoms with van der Waals surface area (Å²) in [7, 11) is 0. The van der Waals surface area contributed by atoms with Crippen molar-refractivity contribution in [3.63, 3.8) is 0 Å². The normalized spacial score (nSPS) is 15.3. The molecule has 1 atom stereocenters. The van der Waals surface area contributed by atoms with Gasteiger partial charge in [-0.25, -0.2) is 0 Å². The van der Waals surface area contributed by atoms with Gasteiger partial charge in [-0.3, -0.25) is 9.59 Å². The monoisotopic (exact) mass is 509 g/mol. The number of alkyl halides is 3. The van der Waals surface area contributed by atoms with Crippen LogP contribution < -0.4 is 0 Å². The van der Waals surface area contributed by atoms with E-state index >= 15 is 0 Å². The van der Waals surface area contributed by atoms with Crippen LogP contribution in [0.1, 0.15) is 43.1 Å². The number of ketones is 1. The van der Waals surface area contributed by atoms with Crippen LogP contribution in [-0.2, 0) is 11.2 Å². The summed E-state index contributed by atoms with van der Waals surface area (Å²) in [6.07, 6.45) is -3.04. The average molecular weight is 511 g/mol. The van der Waals surface area contributed by atoms with Crippen LogP contribution in [-0.4, -0.2) is 35.9 Å². The molecule has 1 heterocycles. The Labute approximate surface area is 201 Å². The Morgan fingerprint density at radius 2 is 1.62 bits per heavy atom. The molecule has 0 bridgehead atoms. The lowest BCUT2D eigenvalue weighted by Crippen LogP contribution is -2.39. The van der Waals surface area contributed by atoms with Crippen molar-refractivity contribution < 1.29 is 22.8 Å². The van der Waals surface area contributed by atoms with Crippen molar-refractivity contribution in [2.75, 3.05) is 13.1 Å². The number of carbonyl (C=O) groups is 2. The molecule has 1 aliphatic heterocycles. The molecule has 0 aliphatic carbocycles. The van der Waals surface area contributed by atoms with Gasteiger partial charge in [-0.1, -0.05) is 54.7 Å². The Kier molecular flexibility index (Phi) is 11.5. The second kappa shape index (κ2) is 13.1. The van der Waals surface area contributed by atoms with E-state index in [-0.39, 0.29) is 24.8 Å². The molecule has 0 saturated carbocycles. The van der Waals surface area contributed by atoms with Gasteiger partial charge in [-0.15, -0.1) is 0 Å². The topological polar surface area (TPSA) is 37.4 Å². The van der Waals surface area contributed by atoms with Crippen molar-refractivity contribution in [1.82, 2.24) is 4.90 Å². The van der Waals surface area contributed by atoms with E-state index in [1.54, 1.807) is 24.3 Å². The van der Waals surface area contributed by atoms with Crippen molar-refractivity contribution in [3.8, 4) is 0 Å². The Morgan fingerprint density at radius 3 is 2.03 bits per heavy atom. The summed E-state index contributed by atoms with van der Waals surface area (Å²) in [4.78, 5) is 22.2.